The highest BCUT2D eigenvalue weighted by molar-refractivity contribution is 6.32. The molecule has 3 rings (SSSR count). The molecule has 2 aromatic carbocycles. The first-order valence-corrected chi connectivity index (χ1v) is 8.33. The van der Waals surface area contributed by atoms with Crippen LogP contribution >= 0.6 is 11.6 Å². The number of nitrogens with one attached hydrogen (secondary N) is 1. The van der Waals surface area contributed by atoms with Crippen molar-refractivity contribution in [3.63, 3.8) is 0 Å². The van der Waals surface area contributed by atoms with Gasteiger partial charge in [0, 0.05) is 12.1 Å². The van der Waals surface area contributed by atoms with Crippen LogP contribution in [-0.2, 0) is 13.1 Å². The van der Waals surface area contributed by atoms with E-state index in [9.17, 15) is 0 Å². The Morgan fingerprint density at radius 2 is 1.69 bits per heavy atom. The molecule has 1 N–H and O–H groups in total. The number of hydrogen-bond acceptors (Lipinski definition) is 4. The van der Waals surface area contributed by atoms with Crippen LogP contribution in [0.2, 0.25) is 5.02 Å². The molecule has 1 heterocycles. The Morgan fingerprint density at radius 3 is 2.35 bits per heavy atom. The van der Waals surface area contributed by atoms with Crippen LogP contribution in [0.15, 0.2) is 59.0 Å². The Labute approximate surface area is 164 Å². The standard InChI is InChI=1S/C20H20ClNO3.ClH/c1-23-16-6-3-14(4-7-16)12-22-13-17-8-10-19(25-17)15-5-9-20(24-2)18(21)11-15;/h3-11,22H,12-13H2,1-2H3;1H/p-1. The van der Waals surface area contributed by atoms with Crippen LogP contribution in [0.25, 0.3) is 11.3 Å². The van der Waals surface area contributed by atoms with Crippen LogP contribution in [-0.4, -0.2) is 14.2 Å². The molecule has 0 saturated heterocycles. The van der Waals surface area contributed by atoms with Crippen LogP contribution in [0.4, 0.5) is 0 Å². The molecular weight excluding hydrogens is 373 g/mol. The van der Waals surface area contributed by atoms with E-state index >= 15 is 0 Å². The van der Waals surface area contributed by atoms with E-state index < -0.39 is 0 Å². The summed E-state index contributed by atoms with van der Waals surface area (Å²) in [5.74, 6) is 3.16. The minimum Gasteiger partial charge on any atom is -1.00 e. The lowest BCUT2D eigenvalue weighted by Crippen LogP contribution is -3.00. The van der Waals surface area contributed by atoms with E-state index in [-0.39, 0.29) is 12.4 Å². The average molecular weight is 393 g/mol. The molecule has 1 aromatic heterocycles. The fourth-order valence-corrected chi connectivity index (χ4v) is 2.78. The number of hydrogen-bond donors (Lipinski definition) is 1. The highest BCUT2D eigenvalue weighted by atomic mass is 35.5. The van der Waals surface area contributed by atoms with Gasteiger partial charge in [0.1, 0.15) is 23.0 Å². The van der Waals surface area contributed by atoms with Crippen molar-refractivity contribution in [1.29, 1.82) is 0 Å². The third-order valence-electron chi connectivity index (χ3n) is 3.89. The van der Waals surface area contributed by atoms with Gasteiger partial charge in [-0.3, -0.25) is 0 Å². The van der Waals surface area contributed by atoms with E-state index in [2.05, 4.69) is 5.32 Å². The number of halogens is 2. The minimum absolute atomic E-state index is 0. The molecule has 0 fully saturated rings. The fraction of sp³-hybridized carbons (Fsp3) is 0.200. The van der Waals surface area contributed by atoms with Gasteiger partial charge < -0.3 is 31.6 Å². The summed E-state index contributed by atoms with van der Waals surface area (Å²) in [4.78, 5) is 0. The van der Waals surface area contributed by atoms with Crippen LogP contribution in [0, 0.1) is 0 Å². The predicted molar refractivity (Wildman–Crippen MR) is 99.2 cm³/mol. The average Bonchev–Trinajstić information content (AvgIpc) is 3.11. The minimum atomic E-state index is 0. The summed E-state index contributed by atoms with van der Waals surface area (Å²) in [6, 6.07) is 17.5. The summed E-state index contributed by atoms with van der Waals surface area (Å²) < 4.78 is 16.2. The first-order valence-electron chi connectivity index (χ1n) is 7.96. The van der Waals surface area contributed by atoms with Crippen molar-refractivity contribution in [3.8, 4) is 22.8 Å². The van der Waals surface area contributed by atoms with Crippen molar-refractivity contribution in [3.05, 3.63) is 70.9 Å². The van der Waals surface area contributed by atoms with Gasteiger partial charge in [-0.15, -0.1) is 0 Å². The van der Waals surface area contributed by atoms with E-state index in [0.717, 1.165) is 29.4 Å². The molecule has 0 saturated carbocycles. The predicted octanol–water partition coefficient (Wildman–Crippen LogP) is 1.91. The third-order valence-corrected chi connectivity index (χ3v) is 4.18. The summed E-state index contributed by atoms with van der Waals surface area (Å²) in [5, 5.41) is 3.93. The van der Waals surface area contributed by atoms with Gasteiger partial charge in [0.2, 0.25) is 0 Å². The largest absolute Gasteiger partial charge is 1.00 e. The van der Waals surface area contributed by atoms with Crippen molar-refractivity contribution >= 4 is 11.6 Å². The molecule has 0 bridgehead atoms. The molecule has 0 radical (unpaired) electrons. The monoisotopic (exact) mass is 392 g/mol. The second kappa shape index (κ2) is 9.53. The number of rotatable bonds is 7. The molecule has 0 amide bonds. The summed E-state index contributed by atoms with van der Waals surface area (Å²) in [7, 11) is 3.26. The molecule has 26 heavy (non-hydrogen) atoms. The molecule has 4 nitrogen and oxygen atoms in total. The van der Waals surface area contributed by atoms with Gasteiger partial charge in [0.05, 0.1) is 25.8 Å². The molecule has 0 spiro atoms. The van der Waals surface area contributed by atoms with Crippen molar-refractivity contribution in [2.45, 2.75) is 13.1 Å². The molecular formula is C20H20Cl2NO3-. The third kappa shape index (κ3) is 4.94. The smallest absolute Gasteiger partial charge is 0.137 e. The van der Waals surface area contributed by atoms with E-state index in [4.69, 9.17) is 25.5 Å². The van der Waals surface area contributed by atoms with Gasteiger partial charge in [0.25, 0.3) is 0 Å². The zero-order valence-corrected chi connectivity index (χ0v) is 16.1. The Hall–Kier alpha value is -2.14. The summed E-state index contributed by atoms with van der Waals surface area (Å²) in [5.41, 5.74) is 2.11. The maximum Gasteiger partial charge on any atom is 0.137 e. The van der Waals surface area contributed by atoms with Crippen LogP contribution in [0.1, 0.15) is 11.3 Å². The molecule has 0 aliphatic rings. The van der Waals surface area contributed by atoms with Crippen LogP contribution in [0.3, 0.4) is 0 Å². The molecule has 138 valence electrons. The van der Waals surface area contributed by atoms with Crippen LogP contribution < -0.4 is 27.2 Å². The SMILES string of the molecule is COc1ccc(CNCc2ccc(-c3ccc(OC)c(Cl)c3)o2)cc1.[Cl-]. The molecule has 0 aliphatic heterocycles. The molecule has 0 unspecified atom stereocenters. The zero-order valence-electron chi connectivity index (χ0n) is 14.6. The lowest BCUT2D eigenvalue weighted by Gasteiger charge is -2.05. The van der Waals surface area contributed by atoms with Gasteiger partial charge in [-0.2, -0.15) is 0 Å². The van der Waals surface area contributed by atoms with Crippen molar-refractivity contribution in [1.82, 2.24) is 5.32 Å². The quantitative estimate of drug-likeness (QED) is 0.666. The van der Waals surface area contributed by atoms with Gasteiger partial charge in [-0.1, -0.05) is 23.7 Å². The first kappa shape index (κ1) is 20.2. The van der Waals surface area contributed by atoms with E-state index in [0.29, 0.717) is 17.3 Å². The number of ether oxygens (including phenoxy) is 2. The summed E-state index contributed by atoms with van der Waals surface area (Å²) >= 11 is 6.17. The maximum absolute atomic E-state index is 6.17. The van der Waals surface area contributed by atoms with Crippen molar-refractivity contribution < 1.29 is 26.3 Å². The number of benzene rings is 2. The molecule has 0 aliphatic carbocycles. The van der Waals surface area contributed by atoms with E-state index in [1.807, 2.05) is 54.6 Å². The van der Waals surface area contributed by atoms with Gasteiger partial charge >= 0.3 is 0 Å². The lowest BCUT2D eigenvalue weighted by atomic mass is 10.2. The molecule has 0 atom stereocenters. The Morgan fingerprint density at radius 1 is 0.923 bits per heavy atom. The van der Waals surface area contributed by atoms with Crippen molar-refractivity contribution in [2.24, 2.45) is 0 Å². The fourth-order valence-electron chi connectivity index (χ4n) is 2.52. The Kier molecular flexibility index (Phi) is 7.39. The highest BCUT2D eigenvalue weighted by Gasteiger charge is 2.08. The van der Waals surface area contributed by atoms with E-state index in [1.165, 1.54) is 5.56 Å². The Bertz CT molecular complexity index is 831. The first-order chi connectivity index (χ1) is 12.2. The molecule has 6 heteroatoms. The van der Waals surface area contributed by atoms with Gasteiger partial charge in [-0.05, 0) is 48.0 Å². The van der Waals surface area contributed by atoms with Crippen molar-refractivity contribution in [2.75, 3.05) is 14.2 Å². The Balaban J connectivity index is 0.00000243. The topological polar surface area (TPSA) is 43.6 Å². The molecule has 3 aromatic rings. The summed E-state index contributed by atoms with van der Waals surface area (Å²) in [6.07, 6.45) is 0. The van der Waals surface area contributed by atoms with Gasteiger partial charge in [0.15, 0.2) is 0 Å². The second-order valence-electron chi connectivity index (χ2n) is 5.57. The second-order valence-corrected chi connectivity index (χ2v) is 5.97. The number of methoxy groups -OCH3 is 2. The number of furan rings is 1. The maximum atomic E-state index is 6.17. The van der Waals surface area contributed by atoms with Crippen LogP contribution in [0.5, 0.6) is 11.5 Å². The van der Waals surface area contributed by atoms with Gasteiger partial charge in [-0.25, -0.2) is 0 Å². The zero-order chi connectivity index (χ0) is 17.6. The highest BCUT2D eigenvalue weighted by Crippen LogP contribution is 2.31. The normalized spacial score (nSPS) is 10.3. The summed E-state index contributed by atoms with van der Waals surface area (Å²) in [6.45, 7) is 1.41. The lowest BCUT2D eigenvalue weighted by molar-refractivity contribution is -0.00000614. The van der Waals surface area contributed by atoms with E-state index in [1.54, 1.807) is 14.2 Å².